The Morgan fingerprint density at radius 2 is 2.25 bits per heavy atom. The molecular formula is C14H18N2O4. The predicted octanol–water partition coefficient (Wildman–Crippen LogP) is 1.17. The number of hydrogen-bond acceptors (Lipinski definition) is 4. The number of carbonyl (C=O) groups excluding carboxylic acids is 2. The zero-order chi connectivity index (χ0) is 14.4. The van der Waals surface area contributed by atoms with Gasteiger partial charge in [0.25, 0.3) is 5.91 Å². The number of amides is 1. The van der Waals surface area contributed by atoms with Crippen LogP contribution in [-0.4, -0.2) is 47.3 Å². The molecule has 0 aliphatic carbocycles. The highest BCUT2D eigenvalue weighted by Gasteiger charge is 2.41. The van der Waals surface area contributed by atoms with Crippen LogP contribution in [0.25, 0.3) is 0 Å². The third kappa shape index (κ3) is 1.75. The maximum absolute atomic E-state index is 12.7. The van der Waals surface area contributed by atoms with Crippen molar-refractivity contribution < 1.29 is 19.1 Å². The van der Waals surface area contributed by atoms with E-state index in [4.69, 9.17) is 9.47 Å². The summed E-state index contributed by atoms with van der Waals surface area (Å²) in [7, 11) is 1.33. The fraction of sp³-hybridized carbons (Fsp3) is 0.571. The molecule has 1 amide bonds. The quantitative estimate of drug-likeness (QED) is 0.724. The highest BCUT2D eigenvalue weighted by Crippen LogP contribution is 2.30. The Labute approximate surface area is 117 Å². The number of nitrogens with zero attached hydrogens (tertiary/aromatic N) is 2. The van der Waals surface area contributed by atoms with Gasteiger partial charge in [-0.2, -0.15) is 0 Å². The molecule has 0 unspecified atom stereocenters. The summed E-state index contributed by atoms with van der Waals surface area (Å²) < 4.78 is 12.3. The molecule has 1 aromatic rings. The van der Waals surface area contributed by atoms with E-state index in [1.165, 1.54) is 7.11 Å². The second-order valence-corrected chi connectivity index (χ2v) is 5.36. The molecule has 0 saturated carbocycles. The van der Waals surface area contributed by atoms with E-state index in [0.29, 0.717) is 24.4 Å². The van der Waals surface area contributed by atoms with Crippen LogP contribution < -0.4 is 0 Å². The van der Waals surface area contributed by atoms with E-state index in [-0.39, 0.29) is 18.2 Å². The van der Waals surface area contributed by atoms with Crippen molar-refractivity contribution in [1.29, 1.82) is 0 Å². The first-order valence-corrected chi connectivity index (χ1v) is 6.77. The maximum Gasteiger partial charge on any atom is 0.340 e. The van der Waals surface area contributed by atoms with Crippen molar-refractivity contribution >= 4 is 11.9 Å². The van der Waals surface area contributed by atoms with Crippen LogP contribution in [0.5, 0.6) is 0 Å². The summed E-state index contributed by atoms with van der Waals surface area (Å²) in [6, 6.07) is 0.121. The number of esters is 1. The minimum atomic E-state index is -0.464. The lowest BCUT2D eigenvalue weighted by Gasteiger charge is -2.43. The molecule has 0 spiro atoms. The lowest BCUT2D eigenvalue weighted by molar-refractivity contribution is -0.111. The van der Waals surface area contributed by atoms with Crippen molar-refractivity contribution in [2.75, 3.05) is 13.7 Å². The average Bonchev–Trinajstić information content (AvgIpc) is 2.74. The van der Waals surface area contributed by atoms with E-state index < -0.39 is 5.97 Å². The molecule has 2 atom stereocenters. The molecule has 1 fully saturated rings. The zero-order valence-corrected chi connectivity index (χ0v) is 11.9. The van der Waals surface area contributed by atoms with Gasteiger partial charge in [0.15, 0.2) is 6.23 Å². The van der Waals surface area contributed by atoms with Crippen molar-refractivity contribution in [1.82, 2.24) is 9.47 Å². The lowest BCUT2D eigenvalue weighted by atomic mass is 10.1. The number of rotatable bonds is 1. The molecule has 3 rings (SSSR count). The molecule has 0 bridgehead atoms. The summed E-state index contributed by atoms with van der Waals surface area (Å²) in [5, 5.41) is 0. The van der Waals surface area contributed by atoms with E-state index in [2.05, 4.69) is 0 Å². The van der Waals surface area contributed by atoms with Gasteiger partial charge >= 0.3 is 5.97 Å². The summed E-state index contributed by atoms with van der Waals surface area (Å²) in [6.45, 7) is 5.04. The molecule has 108 valence electrons. The van der Waals surface area contributed by atoms with Crippen LogP contribution in [0.4, 0.5) is 0 Å². The molecule has 0 N–H and O–H groups in total. The number of ether oxygens (including phenoxy) is 2. The summed E-state index contributed by atoms with van der Waals surface area (Å²) >= 11 is 0. The largest absolute Gasteiger partial charge is 0.465 e. The van der Waals surface area contributed by atoms with Gasteiger partial charge in [-0.3, -0.25) is 4.79 Å². The van der Waals surface area contributed by atoms with Gasteiger partial charge in [-0.25, -0.2) is 4.79 Å². The van der Waals surface area contributed by atoms with Gasteiger partial charge in [0.05, 0.1) is 25.8 Å². The third-order valence-corrected chi connectivity index (χ3v) is 4.08. The smallest absolute Gasteiger partial charge is 0.340 e. The Hall–Kier alpha value is -1.82. The van der Waals surface area contributed by atoms with Gasteiger partial charge in [-0.15, -0.1) is 0 Å². The maximum atomic E-state index is 12.7. The van der Waals surface area contributed by atoms with Crippen molar-refractivity contribution in [3.63, 3.8) is 0 Å². The van der Waals surface area contributed by atoms with Crippen molar-refractivity contribution in [2.24, 2.45) is 0 Å². The molecule has 0 radical (unpaired) electrons. The van der Waals surface area contributed by atoms with Crippen LogP contribution in [0.2, 0.25) is 0 Å². The van der Waals surface area contributed by atoms with Gasteiger partial charge in [0.1, 0.15) is 5.69 Å². The second kappa shape index (κ2) is 4.63. The fourth-order valence-electron chi connectivity index (χ4n) is 3.07. The van der Waals surface area contributed by atoms with Gasteiger partial charge in [-0.1, -0.05) is 0 Å². The van der Waals surface area contributed by atoms with Crippen LogP contribution in [0.15, 0.2) is 6.20 Å². The molecule has 2 aliphatic rings. The summed E-state index contributed by atoms with van der Waals surface area (Å²) in [5.74, 6) is -0.615. The Kier molecular flexibility index (Phi) is 3.05. The molecule has 1 saturated heterocycles. The van der Waals surface area contributed by atoms with E-state index in [0.717, 1.165) is 12.0 Å². The average molecular weight is 278 g/mol. The molecule has 2 aliphatic heterocycles. The van der Waals surface area contributed by atoms with E-state index in [1.807, 2.05) is 24.6 Å². The molecule has 6 heteroatoms. The minimum Gasteiger partial charge on any atom is -0.465 e. The predicted molar refractivity (Wildman–Crippen MR) is 70.5 cm³/mol. The lowest BCUT2D eigenvalue weighted by Crippen LogP contribution is -2.56. The summed E-state index contributed by atoms with van der Waals surface area (Å²) in [4.78, 5) is 26.4. The van der Waals surface area contributed by atoms with Crippen LogP contribution in [0, 0.1) is 6.92 Å². The molecule has 0 aromatic carbocycles. The van der Waals surface area contributed by atoms with Crippen LogP contribution in [-0.2, 0) is 16.0 Å². The Morgan fingerprint density at radius 3 is 2.95 bits per heavy atom. The van der Waals surface area contributed by atoms with Gasteiger partial charge in [0, 0.05) is 12.2 Å². The number of hydrogen-bond donors (Lipinski definition) is 0. The Morgan fingerprint density at radius 1 is 1.50 bits per heavy atom. The highest BCUT2D eigenvalue weighted by atomic mass is 16.5. The topological polar surface area (TPSA) is 60.8 Å². The van der Waals surface area contributed by atoms with Gasteiger partial charge in [0.2, 0.25) is 0 Å². The molecular weight excluding hydrogens is 260 g/mol. The first-order chi connectivity index (χ1) is 9.54. The number of fused-ring (bicyclic) bond motifs is 2. The third-order valence-electron chi connectivity index (χ3n) is 4.08. The number of methoxy groups -OCH3 is 1. The monoisotopic (exact) mass is 278 g/mol. The number of aromatic nitrogens is 1. The molecule has 3 heterocycles. The summed E-state index contributed by atoms with van der Waals surface area (Å²) in [6.07, 6.45) is 2.39. The summed E-state index contributed by atoms with van der Waals surface area (Å²) in [5.41, 5.74) is 1.55. The molecule has 20 heavy (non-hydrogen) atoms. The van der Waals surface area contributed by atoms with Crippen LogP contribution in [0.1, 0.15) is 39.8 Å². The second-order valence-electron chi connectivity index (χ2n) is 5.36. The van der Waals surface area contributed by atoms with E-state index >= 15 is 0 Å². The first kappa shape index (κ1) is 13.2. The number of aryl methyl sites for hydroxylation is 1. The molecule has 6 nitrogen and oxygen atoms in total. The van der Waals surface area contributed by atoms with Crippen molar-refractivity contribution in [3.8, 4) is 0 Å². The standard InChI is InChI=1S/C14H18N2O4/c1-8-6-15-7-10-16(9(2)4-5-20-10)13(17)12(15)11(8)14(18)19-3/h6,9-10H,4-5,7H2,1-3H3/t9-,10+/m1/s1. The molecule has 1 aromatic heterocycles. The van der Waals surface area contributed by atoms with E-state index in [1.54, 1.807) is 4.90 Å². The van der Waals surface area contributed by atoms with Crippen molar-refractivity contribution in [3.05, 3.63) is 23.0 Å². The van der Waals surface area contributed by atoms with Crippen molar-refractivity contribution in [2.45, 2.75) is 39.1 Å². The normalized spacial score (nSPS) is 25.1. The van der Waals surface area contributed by atoms with Gasteiger partial charge in [-0.05, 0) is 25.8 Å². The Balaban J connectivity index is 2.10. The number of carbonyl (C=O) groups is 2. The highest BCUT2D eigenvalue weighted by molar-refractivity contribution is 6.06. The fourth-order valence-corrected chi connectivity index (χ4v) is 3.07. The zero-order valence-electron chi connectivity index (χ0n) is 11.9. The van der Waals surface area contributed by atoms with E-state index in [9.17, 15) is 9.59 Å². The minimum absolute atomic E-state index is 0.121. The Bertz CT molecular complexity index is 578. The van der Waals surface area contributed by atoms with Crippen LogP contribution >= 0.6 is 0 Å². The van der Waals surface area contributed by atoms with Gasteiger partial charge < -0.3 is 18.9 Å². The SMILES string of the molecule is COC(=O)c1c(C)cn2c1C(=O)N1[C@H](C)CCO[C@H]1C2. The first-order valence-electron chi connectivity index (χ1n) is 6.77. The van der Waals surface area contributed by atoms with Crippen LogP contribution in [0.3, 0.4) is 0 Å².